The van der Waals surface area contributed by atoms with E-state index in [4.69, 9.17) is 22.1 Å². The maximum atomic E-state index is 11.9. The number of ether oxygens (including phenoxy) is 1. The van der Waals surface area contributed by atoms with Gasteiger partial charge in [-0.2, -0.15) is 0 Å². The molecule has 1 unspecified atom stereocenters. The van der Waals surface area contributed by atoms with Crippen LogP contribution >= 0.6 is 11.6 Å². The highest BCUT2D eigenvalue weighted by molar-refractivity contribution is 6.32. The summed E-state index contributed by atoms with van der Waals surface area (Å²) in [6.07, 6.45) is 8.72. The fourth-order valence-electron chi connectivity index (χ4n) is 4.84. The van der Waals surface area contributed by atoms with Gasteiger partial charge in [-0.05, 0) is 79.7 Å². The first-order valence-corrected chi connectivity index (χ1v) is 11.9. The number of allylic oxidation sites excluding steroid dienone is 1. The second-order valence-electron chi connectivity index (χ2n) is 8.93. The number of hydrogen-bond donors (Lipinski definition) is 2. The molecule has 5 heteroatoms. The Balaban J connectivity index is 1.85. The van der Waals surface area contributed by atoms with Crippen molar-refractivity contribution in [1.29, 1.82) is 0 Å². The number of hydrogen-bond acceptors (Lipinski definition) is 4. The maximum absolute atomic E-state index is 11.9. The third kappa shape index (κ3) is 5.54. The third-order valence-electron chi connectivity index (χ3n) is 7.03. The molecule has 0 spiro atoms. The largest absolute Gasteiger partial charge is 0.489 e. The minimum atomic E-state index is 0.103. The number of carbonyl (C=O) groups is 1. The van der Waals surface area contributed by atoms with Gasteiger partial charge in [0.15, 0.2) is 6.29 Å². The van der Waals surface area contributed by atoms with Crippen LogP contribution in [-0.4, -0.2) is 25.5 Å². The summed E-state index contributed by atoms with van der Waals surface area (Å²) >= 11 is 6.54. The molecule has 0 bridgehead atoms. The molecule has 3 N–H and O–H groups in total. The van der Waals surface area contributed by atoms with Crippen LogP contribution in [0.5, 0.6) is 5.75 Å². The second-order valence-corrected chi connectivity index (χ2v) is 9.34. The quantitative estimate of drug-likeness (QED) is 0.454. The Morgan fingerprint density at radius 1 is 1.28 bits per heavy atom. The molecule has 1 atom stereocenters. The van der Waals surface area contributed by atoms with Gasteiger partial charge in [0.25, 0.3) is 0 Å². The molecule has 1 fully saturated rings. The van der Waals surface area contributed by atoms with Crippen LogP contribution in [0.3, 0.4) is 0 Å². The van der Waals surface area contributed by atoms with Crippen LogP contribution in [0.15, 0.2) is 48.7 Å². The van der Waals surface area contributed by atoms with Crippen molar-refractivity contribution in [1.82, 2.24) is 5.32 Å². The van der Waals surface area contributed by atoms with Crippen molar-refractivity contribution in [3.63, 3.8) is 0 Å². The summed E-state index contributed by atoms with van der Waals surface area (Å²) in [7, 11) is 1.86. The number of halogens is 1. The van der Waals surface area contributed by atoms with Crippen LogP contribution in [0.1, 0.15) is 67.4 Å². The van der Waals surface area contributed by atoms with Gasteiger partial charge in [0.1, 0.15) is 5.75 Å². The van der Waals surface area contributed by atoms with E-state index in [9.17, 15) is 4.79 Å². The molecule has 32 heavy (non-hydrogen) atoms. The number of carbonyl (C=O) groups excluding carboxylic acids is 1. The van der Waals surface area contributed by atoms with Gasteiger partial charge in [-0.15, -0.1) is 0 Å². The fraction of sp³-hybridized carbons (Fsp3) is 0.444. The van der Waals surface area contributed by atoms with Gasteiger partial charge in [0, 0.05) is 24.9 Å². The summed E-state index contributed by atoms with van der Waals surface area (Å²) in [5.41, 5.74) is 10.1. The third-order valence-corrected chi connectivity index (χ3v) is 7.32. The number of rotatable bonds is 9. The van der Waals surface area contributed by atoms with E-state index in [-0.39, 0.29) is 17.6 Å². The van der Waals surface area contributed by atoms with E-state index in [1.807, 2.05) is 37.5 Å². The van der Waals surface area contributed by atoms with Crippen molar-refractivity contribution in [3.8, 4) is 5.75 Å². The zero-order valence-electron chi connectivity index (χ0n) is 19.4. The molecule has 0 radical (unpaired) electrons. The Bertz CT molecular complexity index is 932. The molecular weight excluding hydrogens is 420 g/mol. The minimum Gasteiger partial charge on any atom is -0.489 e. The van der Waals surface area contributed by atoms with E-state index in [0.29, 0.717) is 22.8 Å². The standard InChI is InChI=1S/C27H35ClN2O2/c1-4-27(19(2)29)12-10-23(11-13-27)32-26-16-24(22(18-31)15-25(26)28)21(17-30-3)14-20-8-6-5-7-9-20/h5-9,15-19,23,30H,4,10-14,29H2,1-3H3/b21-17-. The van der Waals surface area contributed by atoms with Crippen molar-refractivity contribution in [2.45, 2.75) is 64.5 Å². The van der Waals surface area contributed by atoms with E-state index in [1.165, 1.54) is 5.56 Å². The van der Waals surface area contributed by atoms with Crippen LogP contribution in [-0.2, 0) is 6.42 Å². The molecule has 0 amide bonds. The van der Waals surface area contributed by atoms with Crippen molar-refractivity contribution in [2.75, 3.05) is 7.05 Å². The van der Waals surface area contributed by atoms with E-state index in [0.717, 1.165) is 49.5 Å². The van der Waals surface area contributed by atoms with Gasteiger partial charge >= 0.3 is 0 Å². The maximum Gasteiger partial charge on any atom is 0.150 e. The van der Waals surface area contributed by atoms with E-state index < -0.39 is 0 Å². The van der Waals surface area contributed by atoms with Gasteiger partial charge < -0.3 is 15.8 Å². The highest BCUT2D eigenvalue weighted by Gasteiger charge is 2.37. The molecule has 3 rings (SSSR count). The van der Waals surface area contributed by atoms with Crippen LogP contribution in [0.2, 0.25) is 5.02 Å². The Morgan fingerprint density at radius 2 is 1.97 bits per heavy atom. The summed E-state index contributed by atoms with van der Waals surface area (Å²) in [5.74, 6) is 0.636. The Kier molecular flexibility index (Phi) is 8.38. The molecule has 0 saturated heterocycles. The van der Waals surface area contributed by atoms with Crippen molar-refractivity contribution in [3.05, 3.63) is 70.4 Å². The molecule has 2 aromatic rings. The molecule has 0 heterocycles. The van der Waals surface area contributed by atoms with Crippen LogP contribution in [0.4, 0.5) is 0 Å². The predicted molar refractivity (Wildman–Crippen MR) is 133 cm³/mol. The Hall–Kier alpha value is -2.30. The number of aldehydes is 1. The second kappa shape index (κ2) is 11.0. The summed E-state index contributed by atoms with van der Waals surface area (Å²) < 4.78 is 6.39. The van der Waals surface area contributed by atoms with Crippen molar-refractivity contribution < 1.29 is 9.53 Å². The number of nitrogens with two attached hydrogens (primary N) is 1. The first-order chi connectivity index (χ1) is 15.4. The number of nitrogens with one attached hydrogen (secondary N) is 1. The van der Waals surface area contributed by atoms with Gasteiger partial charge in [0.05, 0.1) is 11.1 Å². The number of benzene rings is 2. The highest BCUT2D eigenvalue weighted by atomic mass is 35.5. The smallest absolute Gasteiger partial charge is 0.150 e. The average molecular weight is 455 g/mol. The molecule has 0 aliphatic heterocycles. The molecule has 0 aromatic heterocycles. The van der Waals surface area contributed by atoms with Crippen LogP contribution in [0.25, 0.3) is 5.57 Å². The summed E-state index contributed by atoms with van der Waals surface area (Å²) in [4.78, 5) is 11.9. The van der Waals surface area contributed by atoms with Crippen molar-refractivity contribution in [2.24, 2.45) is 11.1 Å². The molecule has 2 aromatic carbocycles. The zero-order valence-corrected chi connectivity index (χ0v) is 20.1. The molecule has 1 aliphatic rings. The van der Waals surface area contributed by atoms with Crippen LogP contribution in [0, 0.1) is 5.41 Å². The summed E-state index contributed by atoms with van der Waals surface area (Å²) in [6, 6.07) is 14.0. The lowest BCUT2D eigenvalue weighted by atomic mass is 9.67. The van der Waals surface area contributed by atoms with E-state index >= 15 is 0 Å². The Labute approximate surface area is 197 Å². The minimum absolute atomic E-state index is 0.103. The monoisotopic (exact) mass is 454 g/mol. The van der Waals surface area contributed by atoms with Gasteiger partial charge in [-0.1, -0.05) is 48.9 Å². The first-order valence-electron chi connectivity index (χ1n) is 11.5. The predicted octanol–water partition coefficient (Wildman–Crippen LogP) is 6.02. The fourth-order valence-corrected chi connectivity index (χ4v) is 5.06. The average Bonchev–Trinajstić information content (AvgIpc) is 2.81. The molecule has 172 valence electrons. The van der Waals surface area contributed by atoms with Crippen molar-refractivity contribution >= 4 is 23.5 Å². The van der Waals surface area contributed by atoms with Gasteiger partial charge in [-0.25, -0.2) is 0 Å². The van der Waals surface area contributed by atoms with E-state index in [1.54, 1.807) is 6.07 Å². The first kappa shape index (κ1) is 24.3. The lowest BCUT2D eigenvalue weighted by molar-refractivity contribution is 0.0619. The van der Waals surface area contributed by atoms with Gasteiger partial charge in [0.2, 0.25) is 0 Å². The molecular formula is C27H35ClN2O2. The lowest BCUT2D eigenvalue weighted by Crippen LogP contribution is -2.43. The molecule has 1 aliphatic carbocycles. The van der Waals surface area contributed by atoms with E-state index in [2.05, 4.69) is 31.3 Å². The normalized spacial score (nSPS) is 22.3. The summed E-state index contributed by atoms with van der Waals surface area (Å²) in [6.45, 7) is 4.35. The van der Waals surface area contributed by atoms with Crippen LogP contribution < -0.4 is 15.8 Å². The topological polar surface area (TPSA) is 64.3 Å². The van der Waals surface area contributed by atoms with Gasteiger partial charge in [-0.3, -0.25) is 4.79 Å². The highest BCUT2D eigenvalue weighted by Crippen LogP contribution is 2.43. The molecule has 1 saturated carbocycles. The molecule has 4 nitrogen and oxygen atoms in total. The summed E-state index contributed by atoms with van der Waals surface area (Å²) in [5, 5.41) is 3.59. The SMILES string of the molecule is CCC1(C(C)N)CCC(Oc2cc(/C(=C\NC)Cc3ccccc3)c(C=O)cc2Cl)CC1. The lowest BCUT2D eigenvalue weighted by Gasteiger charge is -2.42. The Morgan fingerprint density at radius 3 is 2.53 bits per heavy atom. The zero-order chi connectivity index (χ0) is 23.1.